The lowest BCUT2D eigenvalue weighted by atomic mass is 9.93. The summed E-state index contributed by atoms with van der Waals surface area (Å²) in [5.74, 6) is -0.239. The lowest BCUT2D eigenvalue weighted by Crippen LogP contribution is -2.48. The van der Waals surface area contributed by atoms with Gasteiger partial charge in [-0.2, -0.15) is 0 Å². The average Bonchev–Trinajstić information content (AvgIpc) is 2.80. The van der Waals surface area contributed by atoms with Crippen molar-refractivity contribution in [2.24, 2.45) is 0 Å². The number of carbonyl (C=O) groups is 2. The van der Waals surface area contributed by atoms with E-state index in [1.807, 2.05) is 0 Å². The van der Waals surface area contributed by atoms with Crippen LogP contribution in [-0.2, 0) is 9.53 Å². The summed E-state index contributed by atoms with van der Waals surface area (Å²) in [6, 6.07) is 9.57. The molecule has 1 aliphatic rings. The van der Waals surface area contributed by atoms with Crippen molar-refractivity contribution in [2.75, 3.05) is 34.5 Å². The Morgan fingerprint density at radius 1 is 1.12 bits per heavy atom. The van der Waals surface area contributed by atoms with Gasteiger partial charge in [-0.25, -0.2) is 14.0 Å². The Morgan fingerprint density at radius 2 is 1.88 bits per heavy atom. The third-order valence-electron chi connectivity index (χ3n) is 5.02. The number of hydrogen-bond acceptors (Lipinski definition) is 6. The first-order valence-electron chi connectivity index (χ1n) is 9.94. The molecule has 0 saturated carbocycles. The first-order chi connectivity index (χ1) is 15.4. The zero-order valence-corrected chi connectivity index (χ0v) is 18.3. The van der Waals surface area contributed by atoms with Gasteiger partial charge in [0, 0.05) is 12.6 Å². The Morgan fingerprint density at radius 3 is 2.53 bits per heavy atom. The number of ether oxygens (including phenoxy) is 4. The molecule has 0 saturated heterocycles. The average molecular weight is 444 g/mol. The van der Waals surface area contributed by atoms with E-state index in [-0.39, 0.29) is 30.2 Å². The molecule has 0 radical (unpaired) electrons. The molecule has 1 unspecified atom stereocenters. The number of esters is 1. The van der Waals surface area contributed by atoms with Crippen LogP contribution in [0.25, 0.3) is 0 Å². The number of rotatable bonds is 8. The van der Waals surface area contributed by atoms with Crippen molar-refractivity contribution in [3.8, 4) is 17.2 Å². The van der Waals surface area contributed by atoms with Gasteiger partial charge < -0.3 is 24.3 Å². The van der Waals surface area contributed by atoms with Crippen LogP contribution in [-0.4, -0.2) is 51.4 Å². The molecule has 1 aliphatic heterocycles. The van der Waals surface area contributed by atoms with Crippen LogP contribution in [0.1, 0.15) is 18.5 Å². The minimum Gasteiger partial charge on any atom is -0.497 e. The second-order valence-electron chi connectivity index (χ2n) is 6.85. The van der Waals surface area contributed by atoms with E-state index in [1.165, 1.54) is 44.4 Å². The smallest absolute Gasteiger partial charge is 0.338 e. The van der Waals surface area contributed by atoms with Crippen molar-refractivity contribution in [1.82, 2.24) is 10.2 Å². The quantitative estimate of drug-likeness (QED) is 0.628. The first-order valence-corrected chi connectivity index (χ1v) is 9.94. The van der Waals surface area contributed by atoms with Crippen LogP contribution >= 0.6 is 0 Å². The molecule has 0 spiro atoms. The predicted molar refractivity (Wildman–Crippen MR) is 114 cm³/mol. The van der Waals surface area contributed by atoms with Gasteiger partial charge >= 0.3 is 12.0 Å². The van der Waals surface area contributed by atoms with Gasteiger partial charge in [0.15, 0.2) is 11.6 Å². The van der Waals surface area contributed by atoms with Gasteiger partial charge in [0.25, 0.3) is 0 Å². The molecule has 1 atom stereocenters. The van der Waals surface area contributed by atoms with Crippen LogP contribution in [0.15, 0.2) is 53.7 Å². The molecular formula is C23H25FN2O6. The number of para-hydroxylation sites is 1. The van der Waals surface area contributed by atoms with Crippen LogP contribution in [0, 0.1) is 5.82 Å². The summed E-state index contributed by atoms with van der Waals surface area (Å²) in [4.78, 5) is 27.0. The SMILES string of the molecule is CCOC(=O)C1=C(COc2ccccc2F)N(C)C(=O)NC1c1cc(OC)ccc1OC. The van der Waals surface area contributed by atoms with Crippen molar-refractivity contribution < 1.29 is 32.9 Å². The fraction of sp³-hybridized carbons (Fsp3) is 0.304. The maximum atomic E-state index is 14.1. The Bertz CT molecular complexity index is 1040. The van der Waals surface area contributed by atoms with E-state index in [0.717, 1.165) is 0 Å². The van der Waals surface area contributed by atoms with Crippen molar-refractivity contribution in [2.45, 2.75) is 13.0 Å². The van der Waals surface area contributed by atoms with Crippen molar-refractivity contribution in [1.29, 1.82) is 0 Å². The molecule has 8 nitrogen and oxygen atoms in total. The highest BCUT2D eigenvalue weighted by Crippen LogP contribution is 2.37. The summed E-state index contributed by atoms with van der Waals surface area (Å²) >= 11 is 0. The number of nitrogens with one attached hydrogen (secondary N) is 1. The normalized spacial score (nSPS) is 15.8. The second-order valence-corrected chi connectivity index (χ2v) is 6.85. The van der Waals surface area contributed by atoms with Crippen LogP contribution < -0.4 is 19.5 Å². The number of halogens is 1. The van der Waals surface area contributed by atoms with E-state index in [4.69, 9.17) is 18.9 Å². The Hall–Kier alpha value is -3.75. The van der Waals surface area contributed by atoms with E-state index in [1.54, 1.807) is 31.2 Å². The zero-order chi connectivity index (χ0) is 23.3. The summed E-state index contributed by atoms with van der Waals surface area (Å²) in [6.07, 6.45) is 0. The van der Waals surface area contributed by atoms with Crippen LogP contribution in [0.4, 0.5) is 9.18 Å². The molecule has 1 N–H and O–H groups in total. The molecule has 2 aromatic carbocycles. The zero-order valence-electron chi connectivity index (χ0n) is 18.3. The molecule has 0 aromatic heterocycles. The van der Waals surface area contributed by atoms with Crippen molar-refractivity contribution >= 4 is 12.0 Å². The fourth-order valence-corrected chi connectivity index (χ4v) is 3.39. The molecule has 0 bridgehead atoms. The van der Waals surface area contributed by atoms with E-state index >= 15 is 0 Å². The first kappa shape index (κ1) is 22.9. The highest BCUT2D eigenvalue weighted by molar-refractivity contribution is 5.95. The number of benzene rings is 2. The van der Waals surface area contributed by atoms with E-state index in [0.29, 0.717) is 17.1 Å². The fourth-order valence-electron chi connectivity index (χ4n) is 3.39. The van der Waals surface area contributed by atoms with E-state index in [2.05, 4.69) is 5.32 Å². The minimum atomic E-state index is -0.901. The molecule has 0 aliphatic carbocycles. The van der Waals surface area contributed by atoms with Gasteiger partial charge in [-0.3, -0.25) is 4.90 Å². The number of hydrogen-bond donors (Lipinski definition) is 1. The third kappa shape index (κ3) is 4.61. The largest absolute Gasteiger partial charge is 0.497 e. The summed E-state index contributed by atoms with van der Waals surface area (Å²) in [7, 11) is 4.49. The summed E-state index contributed by atoms with van der Waals surface area (Å²) in [6.45, 7) is 1.57. The van der Waals surface area contributed by atoms with Gasteiger partial charge in [-0.15, -0.1) is 0 Å². The third-order valence-corrected chi connectivity index (χ3v) is 5.02. The Kier molecular flexibility index (Phi) is 7.19. The number of carbonyl (C=O) groups excluding carboxylic acids is 2. The lowest BCUT2D eigenvalue weighted by Gasteiger charge is -2.35. The number of amides is 2. The predicted octanol–water partition coefficient (Wildman–Crippen LogP) is 3.44. The van der Waals surface area contributed by atoms with Crippen LogP contribution in [0.3, 0.4) is 0 Å². The monoisotopic (exact) mass is 444 g/mol. The number of methoxy groups -OCH3 is 2. The number of likely N-dealkylation sites (N-methyl/N-ethyl adjacent to an activating group) is 1. The molecule has 1 heterocycles. The minimum absolute atomic E-state index is 0.00176. The lowest BCUT2D eigenvalue weighted by molar-refractivity contribution is -0.139. The van der Waals surface area contributed by atoms with Crippen molar-refractivity contribution in [3.63, 3.8) is 0 Å². The van der Waals surface area contributed by atoms with Gasteiger partial charge in [0.05, 0.1) is 38.1 Å². The Balaban J connectivity index is 2.12. The topological polar surface area (TPSA) is 86.3 Å². The van der Waals surface area contributed by atoms with Crippen LogP contribution in [0.2, 0.25) is 0 Å². The van der Waals surface area contributed by atoms with Gasteiger partial charge in [-0.05, 0) is 37.3 Å². The standard InChI is InChI=1S/C23H25FN2O6/c1-5-31-22(27)20-17(13-32-19-9-7-6-8-16(19)24)26(2)23(28)25-21(20)15-12-14(29-3)10-11-18(15)30-4/h6-12,21H,5,13H2,1-4H3,(H,25,28). The maximum Gasteiger partial charge on any atom is 0.338 e. The number of urea groups is 1. The molecule has 32 heavy (non-hydrogen) atoms. The molecule has 2 amide bonds. The molecule has 170 valence electrons. The summed E-state index contributed by atoms with van der Waals surface area (Å²) in [5.41, 5.74) is 0.891. The van der Waals surface area contributed by atoms with Gasteiger partial charge in [0.2, 0.25) is 0 Å². The van der Waals surface area contributed by atoms with Crippen LogP contribution in [0.5, 0.6) is 17.2 Å². The molecule has 9 heteroatoms. The number of nitrogens with zero attached hydrogens (tertiary/aromatic N) is 1. The molecule has 2 aromatic rings. The maximum absolute atomic E-state index is 14.1. The molecular weight excluding hydrogens is 419 g/mol. The van der Waals surface area contributed by atoms with Gasteiger partial charge in [0.1, 0.15) is 18.1 Å². The summed E-state index contributed by atoms with van der Waals surface area (Å²) < 4.78 is 35.7. The van der Waals surface area contributed by atoms with E-state index in [9.17, 15) is 14.0 Å². The van der Waals surface area contributed by atoms with Gasteiger partial charge in [-0.1, -0.05) is 12.1 Å². The highest BCUT2D eigenvalue weighted by atomic mass is 19.1. The van der Waals surface area contributed by atoms with E-state index < -0.39 is 23.9 Å². The molecule has 3 rings (SSSR count). The second kappa shape index (κ2) is 10.0. The summed E-state index contributed by atoms with van der Waals surface area (Å²) in [5, 5.41) is 2.80. The Labute approximate surface area is 185 Å². The highest BCUT2D eigenvalue weighted by Gasteiger charge is 2.38. The molecule has 0 fully saturated rings. The van der Waals surface area contributed by atoms with Crippen molar-refractivity contribution in [3.05, 3.63) is 65.1 Å².